The molecule has 2 rings (SSSR count). The molecule has 0 unspecified atom stereocenters. The highest BCUT2D eigenvalue weighted by Gasteiger charge is 2.07. The zero-order valence-electron chi connectivity index (χ0n) is 11.5. The van der Waals surface area contributed by atoms with Gasteiger partial charge in [0.1, 0.15) is 21.7 Å². The van der Waals surface area contributed by atoms with Gasteiger partial charge in [-0.3, -0.25) is 4.79 Å². The Morgan fingerprint density at radius 3 is 2.75 bits per heavy atom. The highest BCUT2D eigenvalue weighted by Crippen LogP contribution is 2.26. The standard InChI is InChI=1S/C14H15ClN2O2S/c1-8-6-11(4-5-12(8)17-10(3)18)19-7-13-16-9(2)14(15)20-13/h4-6H,7H2,1-3H3,(H,17,18). The van der Waals surface area contributed by atoms with Crippen LogP contribution >= 0.6 is 22.9 Å². The van der Waals surface area contributed by atoms with Gasteiger partial charge in [0.25, 0.3) is 0 Å². The van der Waals surface area contributed by atoms with E-state index in [1.807, 2.05) is 32.0 Å². The molecule has 0 aliphatic rings. The number of halogens is 1. The van der Waals surface area contributed by atoms with E-state index in [0.717, 1.165) is 27.7 Å². The van der Waals surface area contributed by atoms with Crippen molar-refractivity contribution in [1.29, 1.82) is 0 Å². The summed E-state index contributed by atoms with van der Waals surface area (Å²) in [4.78, 5) is 15.3. The van der Waals surface area contributed by atoms with Gasteiger partial charge >= 0.3 is 0 Å². The van der Waals surface area contributed by atoms with Gasteiger partial charge in [0, 0.05) is 12.6 Å². The second-order valence-corrected chi connectivity index (χ2v) is 6.10. The average molecular weight is 311 g/mol. The van der Waals surface area contributed by atoms with Crippen molar-refractivity contribution in [2.45, 2.75) is 27.4 Å². The van der Waals surface area contributed by atoms with Crippen LogP contribution in [-0.4, -0.2) is 10.9 Å². The maximum atomic E-state index is 11.0. The highest BCUT2D eigenvalue weighted by molar-refractivity contribution is 7.16. The van der Waals surface area contributed by atoms with Crippen LogP contribution in [0.2, 0.25) is 4.34 Å². The molecule has 0 saturated carbocycles. The number of anilines is 1. The lowest BCUT2D eigenvalue weighted by Gasteiger charge is -2.09. The molecule has 0 aliphatic carbocycles. The van der Waals surface area contributed by atoms with E-state index in [0.29, 0.717) is 10.9 Å². The van der Waals surface area contributed by atoms with Gasteiger partial charge in [-0.05, 0) is 37.6 Å². The predicted molar refractivity (Wildman–Crippen MR) is 81.7 cm³/mol. The van der Waals surface area contributed by atoms with E-state index in [-0.39, 0.29) is 5.91 Å². The average Bonchev–Trinajstić information content (AvgIpc) is 2.69. The summed E-state index contributed by atoms with van der Waals surface area (Å²) >= 11 is 7.39. The maximum absolute atomic E-state index is 11.0. The fourth-order valence-corrected chi connectivity index (χ4v) is 2.70. The number of ether oxygens (including phenoxy) is 1. The van der Waals surface area contributed by atoms with Crippen LogP contribution in [0.4, 0.5) is 5.69 Å². The van der Waals surface area contributed by atoms with Gasteiger partial charge in [-0.2, -0.15) is 0 Å². The van der Waals surface area contributed by atoms with Gasteiger partial charge in [-0.25, -0.2) is 4.98 Å². The topological polar surface area (TPSA) is 51.2 Å². The third kappa shape index (κ3) is 3.71. The van der Waals surface area contributed by atoms with E-state index in [1.165, 1.54) is 18.3 Å². The van der Waals surface area contributed by atoms with Gasteiger partial charge in [0.15, 0.2) is 0 Å². The number of carbonyl (C=O) groups is 1. The molecular formula is C14H15ClN2O2S. The zero-order chi connectivity index (χ0) is 14.7. The Hall–Kier alpha value is -1.59. The van der Waals surface area contributed by atoms with E-state index in [2.05, 4.69) is 10.3 Å². The minimum atomic E-state index is -0.0883. The summed E-state index contributed by atoms with van der Waals surface area (Å²) in [7, 11) is 0. The van der Waals surface area contributed by atoms with Crippen LogP contribution in [-0.2, 0) is 11.4 Å². The molecule has 1 amide bonds. The fourth-order valence-electron chi connectivity index (χ4n) is 1.69. The Balaban J connectivity index is 2.03. The Bertz CT molecular complexity index is 621. The van der Waals surface area contributed by atoms with Crippen molar-refractivity contribution < 1.29 is 9.53 Å². The normalized spacial score (nSPS) is 10.4. The lowest BCUT2D eigenvalue weighted by atomic mass is 10.2. The minimum Gasteiger partial charge on any atom is -0.486 e. The van der Waals surface area contributed by atoms with E-state index >= 15 is 0 Å². The molecule has 0 saturated heterocycles. The number of aryl methyl sites for hydroxylation is 2. The lowest BCUT2D eigenvalue weighted by molar-refractivity contribution is -0.114. The molecule has 0 radical (unpaired) electrons. The van der Waals surface area contributed by atoms with Crippen molar-refractivity contribution in [1.82, 2.24) is 4.98 Å². The number of thiazole rings is 1. The number of benzene rings is 1. The molecule has 0 atom stereocenters. The van der Waals surface area contributed by atoms with Crippen LogP contribution in [0.25, 0.3) is 0 Å². The Labute approximate surface area is 126 Å². The van der Waals surface area contributed by atoms with E-state index in [9.17, 15) is 4.79 Å². The summed E-state index contributed by atoms with van der Waals surface area (Å²) < 4.78 is 6.37. The van der Waals surface area contributed by atoms with Crippen LogP contribution in [0.5, 0.6) is 5.75 Å². The summed E-state index contributed by atoms with van der Waals surface area (Å²) in [6, 6.07) is 5.53. The summed E-state index contributed by atoms with van der Waals surface area (Å²) in [6.07, 6.45) is 0. The van der Waals surface area contributed by atoms with Crippen molar-refractivity contribution in [2.24, 2.45) is 0 Å². The molecule has 106 valence electrons. The van der Waals surface area contributed by atoms with Crippen LogP contribution < -0.4 is 10.1 Å². The Kier molecular flexibility index (Phi) is 4.62. The molecule has 0 aliphatic heterocycles. The SMILES string of the molecule is CC(=O)Nc1ccc(OCc2nc(C)c(Cl)s2)cc1C. The van der Waals surface area contributed by atoms with Crippen molar-refractivity contribution in [3.8, 4) is 5.75 Å². The molecule has 1 aromatic carbocycles. The first-order valence-corrected chi connectivity index (χ1v) is 7.28. The minimum absolute atomic E-state index is 0.0883. The van der Waals surface area contributed by atoms with Crippen LogP contribution in [0.15, 0.2) is 18.2 Å². The largest absolute Gasteiger partial charge is 0.486 e. The number of nitrogens with one attached hydrogen (secondary N) is 1. The fraction of sp³-hybridized carbons (Fsp3) is 0.286. The summed E-state index contributed by atoms with van der Waals surface area (Å²) in [5.74, 6) is 0.648. The van der Waals surface area contributed by atoms with Crippen molar-refractivity contribution in [2.75, 3.05) is 5.32 Å². The first-order chi connectivity index (χ1) is 9.45. The highest BCUT2D eigenvalue weighted by atomic mass is 35.5. The number of hydrogen-bond acceptors (Lipinski definition) is 4. The smallest absolute Gasteiger partial charge is 0.221 e. The maximum Gasteiger partial charge on any atom is 0.221 e. The predicted octanol–water partition coefficient (Wildman–Crippen LogP) is 3.95. The second kappa shape index (κ2) is 6.24. The molecule has 4 nitrogen and oxygen atoms in total. The third-order valence-corrected chi connectivity index (χ3v) is 4.08. The van der Waals surface area contributed by atoms with Crippen LogP contribution in [0.1, 0.15) is 23.2 Å². The van der Waals surface area contributed by atoms with E-state index < -0.39 is 0 Å². The molecule has 1 heterocycles. The number of rotatable bonds is 4. The molecule has 0 fully saturated rings. The molecule has 0 bridgehead atoms. The molecule has 1 N–H and O–H groups in total. The molecule has 6 heteroatoms. The molecular weight excluding hydrogens is 296 g/mol. The van der Waals surface area contributed by atoms with Crippen molar-refractivity contribution in [3.63, 3.8) is 0 Å². The summed E-state index contributed by atoms with van der Waals surface area (Å²) in [5, 5.41) is 3.61. The summed E-state index contributed by atoms with van der Waals surface area (Å²) in [5.41, 5.74) is 2.57. The number of carbonyl (C=O) groups excluding carboxylic acids is 1. The van der Waals surface area contributed by atoms with Gasteiger partial charge in [-0.1, -0.05) is 11.6 Å². The van der Waals surface area contributed by atoms with Crippen LogP contribution in [0.3, 0.4) is 0 Å². The quantitative estimate of drug-likeness (QED) is 0.930. The first-order valence-electron chi connectivity index (χ1n) is 6.08. The van der Waals surface area contributed by atoms with Gasteiger partial charge in [0.05, 0.1) is 5.69 Å². The van der Waals surface area contributed by atoms with Crippen molar-refractivity contribution >= 4 is 34.5 Å². The van der Waals surface area contributed by atoms with Crippen molar-refractivity contribution in [3.05, 3.63) is 38.8 Å². The number of amides is 1. The third-order valence-electron chi connectivity index (χ3n) is 2.66. The zero-order valence-corrected chi connectivity index (χ0v) is 13.1. The molecule has 20 heavy (non-hydrogen) atoms. The molecule has 0 spiro atoms. The van der Waals surface area contributed by atoms with Crippen LogP contribution in [0, 0.1) is 13.8 Å². The second-order valence-electron chi connectivity index (χ2n) is 4.41. The summed E-state index contributed by atoms with van der Waals surface area (Å²) in [6.45, 7) is 5.66. The van der Waals surface area contributed by atoms with E-state index in [4.69, 9.17) is 16.3 Å². The monoisotopic (exact) mass is 310 g/mol. The van der Waals surface area contributed by atoms with Gasteiger partial charge in [0.2, 0.25) is 5.91 Å². The van der Waals surface area contributed by atoms with Gasteiger partial charge in [-0.15, -0.1) is 11.3 Å². The number of nitrogens with zero attached hydrogens (tertiary/aromatic N) is 1. The molecule has 1 aromatic heterocycles. The Morgan fingerprint density at radius 2 is 2.20 bits per heavy atom. The number of aromatic nitrogens is 1. The first kappa shape index (κ1) is 14.8. The lowest BCUT2D eigenvalue weighted by Crippen LogP contribution is -2.07. The van der Waals surface area contributed by atoms with E-state index in [1.54, 1.807) is 0 Å². The number of hydrogen-bond donors (Lipinski definition) is 1. The van der Waals surface area contributed by atoms with Gasteiger partial charge < -0.3 is 10.1 Å². The Morgan fingerprint density at radius 1 is 1.45 bits per heavy atom. The molecule has 2 aromatic rings.